The van der Waals surface area contributed by atoms with E-state index in [4.69, 9.17) is 4.74 Å². The van der Waals surface area contributed by atoms with Crippen molar-refractivity contribution >= 4 is 0 Å². The quantitative estimate of drug-likeness (QED) is 0.610. The third-order valence-corrected chi connectivity index (χ3v) is 2.79. The molecule has 11 heavy (non-hydrogen) atoms. The predicted molar refractivity (Wildman–Crippen MR) is 47.6 cm³/mol. The SMILES string of the molecule is CO[C@H](C(C)C)C1CCCC1. The van der Waals surface area contributed by atoms with Crippen LogP contribution in [-0.2, 0) is 4.74 Å². The number of rotatable bonds is 3. The first-order valence-electron chi connectivity index (χ1n) is 4.78. The van der Waals surface area contributed by atoms with Crippen LogP contribution < -0.4 is 0 Å². The first-order valence-corrected chi connectivity index (χ1v) is 4.78. The molecule has 0 saturated heterocycles. The Labute approximate surface area is 70.1 Å². The Morgan fingerprint density at radius 1 is 1.18 bits per heavy atom. The maximum Gasteiger partial charge on any atom is 0.0622 e. The van der Waals surface area contributed by atoms with Gasteiger partial charge in [0.15, 0.2) is 0 Å². The molecule has 1 saturated carbocycles. The highest BCUT2D eigenvalue weighted by Gasteiger charge is 2.26. The van der Waals surface area contributed by atoms with Gasteiger partial charge in [-0.2, -0.15) is 0 Å². The van der Waals surface area contributed by atoms with Crippen molar-refractivity contribution < 1.29 is 4.74 Å². The zero-order valence-electron chi connectivity index (χ0n) is 7.97. The summed E-state index contributed by atoms with van der Waals surface area (Å²) in [5.74, 6) is 1.53. The van der Waals surface area contributed by atoms with Gasteiger partial charge in [0.2, 0.25) is 0 Å². The first-order chi connectivity index (χ1) is 5.25. The molecule has 0 bridgehead atoms. The summed E-state index contributed by atoms with van der Waals surface area (Å²) < 4.78 is 5.50. The van der Waals surface area contributed by atoms with E-state index in [9.17, 15) is 0 Å². The first kappa shape index (κ1) is 9.05. The largest absolute Gasteiger partial charge is 0.381 e. The second-order valence-corrected chi connectivity index (χ2v) is 3.99. The molecular weight excluding hydrogens is 136 g/mol. The standard InChI is InChI=1S/C10H20O/c1-8(2)10(11-3)9-6-4-5-7-9/h8-10H,4-7H2,1-3H3/t10-/m1/s1. The molecule has 0 N–H and O–H groups in total. The Kier molecular flexibility index (Phi) is 3.38. The summed E-state index contributed by atoms with van der Waals surface area (Å²) in [5, 5.41) is 0. The molecule has 0 spiro atoms. The van der Waals surface area contributed by atoms with Gasteiger partial charge in [0.1, 0.15) is 0 Å². The maximum atomic E-state index is 5.50. The number of hydrogen-bond acceptors (Lipinski definition) is 1. The van der Waals surface area contributed by atoms with Crippen molar-refractivity contribution in [1.29, 1.82) is 0 Å². The fourth-order valence-electron chi connectivity index (χ4n) is 2.29. The summed E-state index contributed by atoms with van der Waals surface area (Å²) in [7, 11) is 1.85. The van der Waals surface area contributed by atoms with Gasteiger partial charge < -0.3 is 4.74 Å². The highest BCUT2D eigenvalue weighted by molar-refractivity contribution is 4.77. The van der Waals surface area contributed by atoms with Crippen molar-refractivity contribution in [2.75, 3.05) is 7.11 Å². The van der Waals surface area contributed by atoms with Crippen LogP contribution in [0.2, 0.25) is 0 Å². The predicted octanol–water partition coefficient (Wildman–Crippen LogP) is 2.85. The fraction of sp³-hybridized carbons (Fsp3) is 1.00. The summed E-state index contributed by atoms with van der Waals surface area (Å²) in [6.07, 6.45) is 6.11. The molecule has 1 aliphatic rings. The highest BCUT2D eigenvalue weighted by Crippen LogP contribution is 2.31. The van der Waals surface area contributed by atoms with Crippen molar-refractivity contribution in [3.8, 4) is 0 Å². The van der Waals surface area contributed by atoms with Crippen molar-refractivity contribution in [2.24, 2.45) is 11.8 Å². The average molecular weight is 156 g/mol. The molecule has 0 radical (unpaired) electrons. The van der Waals surface area contributed by atoms with Crippen LogP contribution in [0.3, 0.4) is 0 Å². The zero-order valence-corrected chi connectivity index (χ0v) is 7.97. The summed E-state index contributed by atoms with van der Waals surface area (Å²) in [6.45, 7) is 4.51. The van der Waals surface area contributed by atoms with Crippen LogP contribution >= 0.6 is 0 Å². The van der Waals surface area contributed by atoms with E-state index < -0.39 is 0 Å². The Morgan fingerprint density at radius 2 is 1.73 bits per heavy atom. The second kappa shape index (κ2) is 4.10. The molecule has 0 aliphatic heterocycles. The molecule has 0 unspecified atom stereocenters. The van der Waals surface area contributed by atoms with E-state index in [2.05, 4.69) is 13.8 Å². The van der Waals surface area contributed by atoms with Gasteiger partial charge in [-0.1, -0.05) is 26.7 Å². The van der Waals surface area contributed by atoms with E-state index in [1.165, 1.54) is 25.7 Å². The molecule has 1 atom stereocenters. The lowest BCUT2D eigenvalue weighted by Crippen LogP contribution is -2.26. The average Bonchev–Trinajstić information content (AvgIpc) is 2.40. The van der Waals surface area contributed by atoms with Gasteiger partial charge in [-0.05, 0) is 24.7 Å². The molecule has 1 rings (SSSR count). The van der Waals surface area contributed by atoms with Gasteiger partial charge in [-0.3, -0.25) is 0 Å². The third kappa shape index (κ3) is 2.19. The van der Waals surface area contributed by atoms with Gasteiger partial charge in [0.05, 0.1) is 6.10 Å². The Balaban J connectivity index is 2.40. The van der Waals surface area contributed by atoms with Gasteiger partial charge >= 0.3 is 0 Å². The van der Waals surface area contributed by atoms with Crippen LogP contribution in [0.4, 0.5) is 0 Å². The van der Waals surface area contributed by atoms with E-state index in [1.54, 1.807) is 0 Å². The van der Waals surface area contributed by atoms with Gasteiger partial charge in [0.25, 0.3) is 0 Å². The Bertz CT molecular complexity index is 103. The Hall–Kier alpha value is -0.0400. The molecule has 66 valence electrons. The van der Waals surface area contributed by atoms with E-state index in [1.807, 2.05) is 7.11 Å². The molecule has 1 nitrogen and oxygen atoms in total. The molecule has 0 aromatic rings. The van der Waals surface area contributed by atoms with Gasteiger partial charge in [-0.15, -0.1) is 0 Å². The summed E-state index contributed by atoms with van der Waals surface area (Å²) in [4.78, 5) is 0. The summed E-state index contributed by atoms with van der Waals surface area (Å²) in [5.41, 5.74) is 0. The van der Waals surface area contributed by atoms with Crippen molar-refractivity contribution in [2.45, 2.75) is 45.6 Å². The molecule has 0 heterocycles. The number of methoxy groups -OCH3 is 1. The van der Waals surface area contributed by atoms with E-state index in [0.29, 0.717) is 12.0 Å². The van der Waals surface area contributed by atoms with E-state index in [0.717, 1.165) is 5.92 Å². The Morgan fingerprint density at radius 3 is 2.09 bits per heavy atom. The monoisotopic (exact) mass is 156 g/mol. The van der Waals surface area contributed by atoms with Crippen LogP contribution in [0, 0.1) is 11.8 Å². The topological polar surface area (TPSA) is 9.23 Å². The maximum absolute atomic E-state index is 5.50. The highest BCUT2D eigenvalue weighted by atomic mass is 16.5. The van der Waals surface area contributed by atoms with Crippen LogP contribution in [0.1, 0.15) is 39.5 Å². The van der Waals surface area contributed by atoms with Gasteiger partial charge in [-0.25, -0.2) is 0 Å². The lowest BCUT2D eigenvalue weighted by Gasteiger charge is -2.25. The molecule has 0 aromatic carbocycles. The molecule has 0 amide bonds. The molecule has 0 aromatic heterocycles. The summed E-state index contributed by atoms with van der Waals surface area (Å²) >= 11 is 0. The molecule has 1 fully saturated rings. The number of ether oxygens (including phenoxy) is 1. The minimum atomic E-state index is 0.512. The normalized spacial score (nSPS) is 22.9. The fourth-order valence-corrected chi connectivity index (χ4v) is 2.29. The van der Waals surface area contributed by atoms with Crippen LogP contribution in [-0.4, -0.2) is 13.2 Å². The van der Waals surface area contributed by atoms with Crippen LogP contribution in [0.25, 0.3) is 0 Å². The smallest absolute Gasteiger partial charge is 0.0622 e. The second-order valence-electron chi connectivity index (χ2n) is 3.99. The van der Waals surface area contributed by atoms with Crippen LogP contribution in [0.15, 0.2) is 0 Å². The minimum Gasteiger partial charge on any atom is -0.381 e. The molecular formula is C10H20O. The minimum absolute atomic E-state index is 0.512. The van der Waals surface area contributed by atoms with Crippen molar-refractivity contribution in [1.82, 2.24) is 0 Å². The van der Waals surface area contributed by atoms with E-state index >= 15 is 0 Å². The lowest BCUT2D eigenvalue weighted by atomic mass is 9.92. The molecule has 1 aliphatic carbocycles. The van der Waals surface area contributed by atoms with Crippen molar-refractivity contribution in [3.63, 3.8) is 0 Å². The zero-order chi connectivity index (χ0) is 8.27. The summed E-state index contributed by atoms with van der Waals surface area (Å²) in [6, 6.07) is 0. The van der Waals surface area contributed by atoms with Gasteiger partial charge in [0, 0.05) is 7.11 Å². The van der Waals surface area contributed by atoms with Crippen molar-refractivity contribution in [3.05, 3.63) is 0 Å². The number of hydrogen-bond donors (Lipinski definition) is 0. The molecule has 1 heteroatoms. The lowest BCUT2D eigenvalue weighted by molar-refractivity contribution is 0.0193. The van der Waals surface area contributed by atoms with E-state index in [-0.39, 0.29) is 0 Å². The van der Waals surface area contributed by atoms with Crippen LogP contribution in [0.5, 0.6) is 0 Å². The third-order valence-electron chi connectivity index (χ3n) is 2.79.